The molecule has 0 radical (unpaired) electrons. The van der Waals surface area contributed by atoms with Gasteiger partial charge in [-0.2, -0.15) is 0 Å². The van der Waals surface area contributed by atoms with E-state index in [1.807, 2.05) is 0 Å². The Balaban J connectivity index is 2.16. The van der Waals surface area contributed by atoms with E-state index in [-0.39, 0.29) is 30.3 Å². The minimum Gasteiger partial charge on any atom is -0.467 e. The highest BCUT2D eigenvalue weighted by molar-refractivity contribution is 6.60. The van der Waals surface area contributed by atoms with Gasteiger partial charge in [-0.15, -0.1) is 0 Å². The summed E-state index contributed by atoms with van der Waals surface area (Å²) in [5.41, 5.74) is 1.02. The van der Waals surface area contributed by atoms with Crippen molar-refractivity contribution in [1.29, 1.82) is 0 Å². The lowest BCUT2D eigenvalue weighted by atomic mass is 9.98. The third-order valence-corrected chi connectivity index (χ3v) is 6.30. The zero-order valence-electron chi connectivity index (χ0n) is 22.2. The van der Waals surface area contributed by atoms with Crippen LogP contribution < -0.4 is 9.64 Å². The van der Waals surface area contributed by atoms with Crippen LogP contribution >= 0.6 is 0 Å². The largest absolute Gasteiger partial charge is 0.467 e. The Labute approximate surface area is 216 Å². The summed E-state index contributed by atoms with van der Waals surface area (Å²) in [6.45, 7) is 6.40. The number of methoxy groups -OCH3 is 1. The highest BCUT2D eigenvalue weighted by atomic mass is 19.1. The van der Waals surface area contributed by atoms with E-state index in [0.29, 0.717) is 11.3 Å². The van der Waals surface area contributed by atoms with Gasteiger partial charge in [-0.05, 0) is 44.9 Å². The van der Waals surface area contributed by atoms with Gasteiger partial charge in [0.1, 0.15) is 17.4 Å². The molecule has 0 unspecified atom stereocenters. The highest BCUT2D eigenvalue weighted by Crippen LogP contribution is 2.35. The van der Waals surface area contributed by atoms with E-state index >= 15 is 0 Å². The Morgan fingerprint density at radius 1 is 1.24 bits per heavy atom. The zero-order chi connectivity index (χ0) is 27.5. The molecule has 0 saturated carbocycles. The molecule has 1 saturated heterocycles. The van der Waals surface area contributed by atoms with E-state index in [9.17, 15) is 18.8 Å². The Bertz CT molecular complexity index is 1120. The van der Waals surface area contributed by atoms with Gasteiger partial charge < -0.3 is 28.6 Å². The summed E-state index contributed by atoms with van der Waals surface area (Å²) in [7, 11) is 4.45. The SMILES string of the molecule is BC(=O)N(C)c1cc2c(c(OCOC)c1)C(=O)O[C@@H](C)[C@H](C)/C=C(/F)C(=O)[C@H]1OC(C)(C)O[C@H]1C/C=C/2. The van der Waals surface area contributed by atoms with Crippen molar-refractivity contribution < 1.29 is 42.5 Å². The van der Waals surface area contributed by atoms with Gasteiger partial charge in [-0.25, -0.2) is 9.18 Å². The van der Waals surface area contributed by atoms with E-state index in [1.54, 1.807) is 59.0 Å². The molecule has 0 spiro atoms. The number of carbonyl (C=O) groups is 3. The quantitative estimate of drug-likeness (QED) is 0.341. The summed E-state index contributed by atoms with van der Waals surface area (Å²) < 4.78 is 42.9. The summed E-state index contributed by atoms with van der Waals surface area (Å²) in [6, 6.07) is 3.21. The van der Waals surface area contributed by atoms with E-state index in [4.69, 9.17) is 23.7 Å². The molecule has 0 aromatic heterocycles. The van der Waals surface area contributed by atoms with Crippen molar-refractivity contribution in [3.8, 4) is 5.75 Å². The summed E-state index contributed by atoms with van der Waals surface area (Å²) >= 11 is 0. The molecule has 4 atom stereocenters. The number of hydrogen-bond acceptors (Lipinski definition) is 8. The van der Waals surface area contributed by atoms with Gasteiger partial charge in [0.2, 0.25) is 13.6 Å². The van der Waals surface area contributed by atoms with E-state index in [2.05, 4.69) is 0 Å². The normalized spacial score (nSPS) is 28.1. The van der Waals surface area contributed by atoms with Crippen LogP contribution in [-0.2, 0) is 23.7 Å². The van der Waals surface area contributed by atoms with Crippen molar-refractivity contribution in [2.24, 2.45) is 5.92 Å². The molecule has 1 aromatic rings. The van der Waals surface area contributed by atoms with Crippen molar-refractivity contribution in [3.63, 3.8) is 0 Å². The molecule has 2 aliphatic rings. The average Bonchev–Trinajstić information content (AvgIpc) is 3.14. The maximum absolute atomic E-state index is 14.9. The van der Waals surface area contributed by atoms with Crippen molar-refractivity contribution in [1.82, 2.24) is 0 Å². The van der Waals surface area contributed by atoms with Crippen molar-refractivity contribution in [3.05, 3.63) is 41.2 Å². The number of amides is 1. The highest BCUT2D eigenvalue weighted by Gasteiger charge is 2.45. The number of rotatable bonds is 4. The van der Waals surface area contributed by atoms with Crippen LogP contribution in [0.3, 0.4) is 0 Å². The van der Waals surface area contributed by atoms with Crippen molar-refractivity contribution in [2.75, 3.05) is 25.9 Å². The molecule has 11 heteroatoms. The van der Waals surface area contributed by atoms with Gasteiger partial charge in [0.05, 0.1) is 6.10 Å². The molecule has 200 valence electrons. The number of nitrogens with zero attached hydrogens (tertiary/aromatic N) is 1. The number of carbonyl (C=O) groups excluding carboxylic acids is 3. The van der Waals surface area contributed by atoms with E-state index < -0.39 is 47.6 Å². The Kier molecular flexibility index (Phi) is 8.94. The number of halogens is 1. The molecule has 1 aromatic carbocycles. The zero-order valence-corrected chi connectivity index (χ0v) is 22.2. The second-order valence-corrected chi connectivity index (χ2v) is 9.62. The first-order chi connectivity index (χ1) is 17.3. The van der Waals surface area contributed by atoms with Crippen molar-refractivity contribution in [2.45, 2.75) is 58.2 Å². The molecule has 0 N–H and O–H groups in total. The summed E-state index contributed by atoms with van der Waals surface area (Å²) in [6.07, 6.45) is 1.98. The molecule has 0 aliphatic carbocycles. The van der Waals surface area contributed by atoms with Gasteiger partial charge in [-0.3, -0.25) is 9.59 Å². The second-order valence-electron chi connectivity index (χ2n) is 9.62. The molecule has 1 amide bonds. The first-order valence-corrected chi connectivity index (χ1v) is 12.0. The molecular weight excluding hydrogens is 484 g/mol. The smallest absolute Gasteiger partial charge is 0.342 e. The minimum absolute atomic E-state index is 0.117. The number of Topliss-reactive ketones (excluding diaryl/α,β-unsaturated/α-hetero) is 1. The van der Waals surface area contributed by atoms with Crippen LogP contribution in [0.2, 0.25) is 0 Å². The van der Waals surface area contributed by atoms with Gasteiger partial charge in [-0.1, -0.05) is 19.1 Å². The Hall–Kier alpha value is -3.02. The van der Waals surface area contributed by atoms with Gasteiger partial charge in [0.15, 0.2) is 30.3 Å². The third-order valence-electron chi connectivity index (χ3n) is 6.30. The summed E-state index contributed by atoms with van der Waals surface area (Å²) in [5, 5.41) is 0. The van der Waals surface area contributed by atoms with Crippen LogP contribution in [-0.4, -0.2) is 70.5 Å². The maximum atomic E-state index is 14.9. The lowest BCUT2D eigenvalue weighted by Crippen LogP contribution is -2.32. The van der Waals surface area contributed by atoms with Crippen LogP contribution in [0, 0.1) is 5.92 Å². The second kappa shape index (κ2) is 11.6. The first-order valence-electron chi connectivity index (χ1n) is 12.0. The minimum atomic E-state index is -1.14. The number of anilines is 1. The number of hydrogen-bond donors (Lipinski definition) is 0. The average molecular weight is 517 g/mol. The van der Waals surface area contributed by atoms with Crippen LogP contribution in [0.1, 0.15) is 50.0 Å². The number of cyclic esters (lactones) is 1. The lowest BCUT2D eigenvalue weighted by molar-refractivity contribution is -0.153. The number of benzene rings is 1. The fraction of sp³-hybridized carbons (Fsp3) is 0.500. The van der Waals surface area contributed by atoms with Crippen LogP contribution in [0.5, 0.6) is 5.75 Å². The molecule has 1 fully saturated rings. The van der Waals surface area contributed by atoms with E-state index in [0.717, 1.165) is 6.08 Å². The Morgan fingerprint density at radius 2 is 1.95 bits per heavy atom. The predicted octanol–water partition coefficient (Wildman–Crippen LogP) is 3.40. The molecule has 2 aliphatic heterocycles. The van der Waals surface area contributed by atoms with Gasteiger partial charge in [0.25, 0.3) is 0 Å². The lowest BCUT2D eigenvalue weighted by Gasteiger charge is -2.23. The number of esters is 1. The Morgan fingerprint density at radius 3 is 2.59 bits per heavy atom. The first kappa shape index (κ1) is 28.6. The maximum Gasteiger partial charge on any atom is 0.342 e. The molecule has 9 nitrogen and oxygen atoms in total. The fourth-order valence-corrected chi connectivity index (χ4v) is 4.06. The number of ether oxygens (including phenoxy) is 5. The molecular formula is C26H33BFNO8. The summed E-state index contributed by atoms with van der Waals surface area (Å²) in [4.78, 5) is 39.7. The third kappa shape index (κ3) is 6.65. The summed E-state index contributed by atoms with van der Waals surface area (Å²) in [5.74, 6) is -4.29. The molecule has 3 rings (SSSR count). The fourth-order valence-electron chi connectivity index (χ4n) is 4.06. The monoisotopic (exact) mass is 517 g/mol. The van der Waals surface area contributed by atoms with Gasteiger partial charge in [0, 0.05) is 31.8 Å². The molecule has 0 bridgehead atoms. The van der Waals surface area contributed by atoms with Crippen LogP contribution in [0.15, 0.2) is 30.1 Å². The van der Waals surface area contributed by atoms with Crippen LogP contribution in [0.25, 0.3) is 6.08 Å². The topological polar surface area (TPSA) is 101 Å². The van der Waals surface area contributed by atoms with Crippen LogP contribution in [0.4, 0.5) is 14.9 Å². The number of fused-ring (bicyclic) bond motifs is 2. The predicted molar refractivity (Wildman–Crippen MR) is 137 cm³/mol. The standard InChI is InChI=1S/C26H33BFNO8/c1-14-10-18(28)22(30)23-19(36-26(3,4)37-23)9-7-8-16-11-17(29(5)25(27)32)12-20(34-13-33-6)21(16)24(31)35-15(14)2/h7-8,10-12,14-15,19,23H,9,13,27H2,1-6H3/b8-7+,18-10+/t14-,15+,19+,23+/m1/s1. The molecule has 37 heavy (non-hydrogen) atoms. The molecule has 2 heterocycles. The van der Waals surface area contributed by atoms with Crippen molar-refractivity contribution >= 4 is 37.2 Å². The van der Waals surface area contributed by atoms with Gasteiger partial charge >= 0.3 is 5.97 Å². The number of ketones is 1. The van der Waals surface area contributed by atoms with E-state index in [1.165, 1.54) is 19.9 Å².